The van der Waals surface area contributed by atoms with Gasteiger partial charge in [0.15, 0.2) is 0 Å². The summed E-state index contributed by atoms with van der Waals surface area (Å²) in [4.78, 5) is 35.6. The van der Waals surface area contributed by atoms with Gasteiger partial charge < -0.3 is 10.2 Å². The van der Waals surface area contributed by atoms with E-state index in [2.05, 4.69) is 21.4 Å². The molecular weight excluding hydrogens is 352 g/mol. The third-order valence-electron chi connectivity index (χ3n) is 5.47. The summed E-state index contributed by atoms with van der Waals surface area (Å²) in [7, 11) is 0. The Morgan fingerprint density at radius 3 is 2.64 bits per heavy atom. The molecule has 6 heteroatoms. The van der Waals surface area contributed by atoms with E-state index in [1.54, 1.807) is 12.4 Å². The van der Waals surface area contributed by atoms with Crippen LogP contribution in [0.25, 0.3) is 11.1 Å². The first-order valence-corrected chi connectivity index (χ1v) is 9.99. The Morgan fingerprint density at radius 1 is 1.18 bits per heavy atom. The molecule has 6 nitrogen and oxygen atoms in total. The molecule has 0 radical (unpaired) electrons. The second-order valence-corrected chi connectivity index (χ2v) is 7.37. The fraction of sp³-hybridized carbons (Fsp3) is 0.455. The Bertz CT molecular complexity index is 824. The Balaban J connectivity index is 1.97. The Morgan fingerprint density at radius 2 is 1.93 bits per heavy atom. The first-order valence-electron chi connectivity index (χ1n) is 9.99. The number of rotatable bonds is 6. The largest absolute Gasteiger partial charge is 0.356 e. The molecule has 2 heterocycles. The van der Waals surface area contributed by atoms with Crippen molar-refractivity contribution in [3.05, 3.63) is 48.5 Å². The molecule has 148 valence electrons. The molecule has 1 aromatic heterocycles. The van der Waals surface area contributed by atoms with Gasteiger partial charge in [-0.2, -0.15) is 0 Å². The van der Waals surface area contributed by atoms with Crippen molar-refractivity contribution in [2.45, 2.75) is 39.5 Å². The lowest BCUT2D eigenvalue weighted by Crippen LogP contribution is -2.54. The van der Waals surface area contributed by atoms with Crippen molar-refractivity contribution < 1.29 is 9.59 Å². The highest BCUT2D eigenvalue weighted by atomic mass is 16.2. The predicted molar refractivity (Wildman–Crippen MR) is 108 cm³/mol. The van der Waals surface area contributed by atoms with E-state index in [0.29, 0.717) is 25.9 Å². The molecule has 0 unspecified atom stereocenters. The summed E-state index contributed by atoms with van der Waals surface area (Å²) in [6.07, 6.45) is 7.74. The molecule has 0 bridgehead atoms. The molecular formula is C22H28N4O2. The Labute approximate surface area is 166 Å². The first kappa shape index (κ1) is 20.0. The molecule has 1 saturated heterocycles. The number of hydrogen-bond acceptors (Lipinski definition) is 4. The first-order chi connectivity index (χ1) is 13.6. The van der Waals surface area contributed by atoms with Gasteiger partial charge in [-0.05, 0) is 37.3 Å². The number of carbonyl (C=O) groups excluding carboxylic acids is 2. The number of carbonyl (C=O) groups is 2. The zero-order valence-electron chi connectivity index (χ0n) is 16.6. The summed E-state index contributed by atoms with van der Waals surface area (Å²) in [6, 6.07) is 8.07. The van der Waals surface area contributed by atoms with Crippen molar-refractivity contribution in [3.63, 3.8) is 0 Å². The molecule has 1 aromatic carbocycles. The SMILES string of the molecule is CCNC(=O)[C@@]1(Cc2ccccc2-c2cncnc2)CCCN(C(=O)CC)C1. The van der Waals surface area contributed by atoms with Crippen molar-refractivity contribution in [1.29, 1.82) is 0 Å². The minimum Gasteiger partial charge on any atom is -0.356 e. The number of hydrogen-bond donors (Lipinski definition) is 1. The van der Waals surface area contributed by atoms with Crippen molar-refractivity contribution >= 4 is 11.8 Å². The number of nitrogens with one attached hydrogen (secondary N) is 1. The van der Waals surface area contributed by atoms with Gasteiger partial charge in [0.25, 0.3) is 0 Å². The predicted octanol–water partition coefficient (Wildman–Crippen LogP) is 2.84. The second-order valence-electron chi connectivity index (χ2n) is 7.37. The summed E-state index contributed by atoms with van der Waals surface area (Å²) in [5.41, 5.74) is 2.42. The highest BCUT2D eigenvalue weighted by molar-refractivity contribution is 5.85. The van der Waals surface area contributed by atoms with Crippen LogP contribution >= 0.6 is 0 Å². The van der Waals surface area contributed by atoms with E-state index in [1.165, 1.54) is 6.33 Å². The lowest BCUT2D eigenvalue weighted by molar-refractivity contribution is -0.141. The highest BCUT2D eigenvalue weighted by Crippen LogP contribution is 2.37. The van der Waals surface area contributed by atoms with Crippen LogP contribution in [-0.2, 0) is 16.0 Å². The maximum absolute atomic E-state index is 13.2. The van der Waals surface area contributed by atoms with E-state index in [-0.39, 0.29) is 11.8 Å². The molecule has 2 aromatic rings. The molecule has 1 atom stereocenters. The molecule has 1 fully saturated rings. The maximum atomic E-state index is 13.2. The van der Waals surface area contributed by atoms with Gasteiger partial charge in [0, 0.05) is 44.0 Å². The Hall–Kier alpha value is -2.76. The quantitative estimate of drug-likeness (QED) is 0.836. The summed E-state index contributed by atoms with van der Waals surface area (Å²) < 4.78 is 0. The third kappa shape index (κ3) is 4.21. The average Bonchev–Trinajstić information content (AvgIpc) is 2.74. The highest BCUT2D eigenvalue weighted by Gasteiger charge is 2.43. The number of benzene rings is 1. The minimum absolute atomic E-state index is 0.0303. The lowest BCUT2D eigenvalue weighted by Gasteiger charge is -2.42. The van der Waals surface area contributed by atoms with Crippen LogP contribution in [0.4, 0.5) is 0 Å². The van der Waals surface area contributed by atoms with Crippen molar-refractivity contribution in [2.75, 3.05) is 19.6 Å². The number of amides is 2. The number of likely N-dealkylation sites (tertiary alicyclic amines) is 1. The molecule has 2 amide bonds. The molecule has 28 heavy (non-hydrogen) atoms. The third-order valence-corrected chi connectivity index (χ3v) is 5.47. The van der Waals surface area contributed by atoms with Gasteiger partial charge in [0.2, 0.25) is 11.8 Å². The van der Waals surface area contributed by atoms with Gasteiger partial charge in [-0.1, -0.05) is 31.2 Å². The molecule has 1 N–H and O–H groups in total. The standard InChI is InChI=1S/C22H28N4O2/c1-3-20(27)26-11-7-10-22(15-26,21(28)25-4-2)12-17-8-5-6-9-19(17)18-13-23-16-24-14-18/h5-6,8-9,13-14,16H,3-4,7,10-12,15H2,1-2H3,(H,25,28)/t22-/m1/s1. The monoisotopic (exact) mass is 380 g/mol. The van der Waals surface area contributed by atoms with Gasteiger partial charge in [-0.25, -0.2) is 9.97 Å². The van der Waals surface area contributed by atoms with Crippen LogP contribution in [0.2, 0.25) is 0 Å². The van der Waals surface area contributed by atoms with Crippen LogP contribution in [0.3, 0.4) is 0 Å². The van der Waals surface area contributed by atoms with Crippen molar-refractivity contribution in [1.82, 2.24) is 20.2 Å². The van der Waals surface area contributed by atoms with Crippen LogP contribution in [0.15, 0.2) is 43.0 Å². The van der Waals surface area contributed by atoms with Gasteiger partial charge in [0.05, 0.1) is 5.41 Å². The van der Waals surface area contributed by atoms with Crippen LogP contribution < -0.4 is 5.32 Å². The van der Waals surface area contributed by atoms with E-state index >= 15 is 0 Å². The van der Waals surface area contributed by atoms with Gasteiger partial charge in [-0.15, -0.1) is 0 Å². The fourth-order valence-corrected chi connectivity index (χ4v) is 4.09. The van der Waals surface area contributed by atoms with Crippen LogP contribution in [-0.4, -0.2) is 46.3 Å². The smallest absolute Gasteiger partial charge is 0.228 e. The fourth-order valence-electron chi connectivity index (χ4n) is 4.09. The zero-order valence-corrected chi connectivity index (χ0v) is 16.6. The number of piperidine rings is 1. The summed E-state index contributed by atoms with van der Waals surface area (Å²) in [5.74, 6) is 0.140. The molecule has 0 saturated carbocycles. The normalized spacial score (nSPS) is 19.3. The van der Waals surface area contributed by atoms with Crippen molar-refractivity contribution in [3.8, 4) is 11.1 Å². The van der Waals surface area contributed by atoms with Gasteiger partial charge >= 0.3 is 0 Å². The van der Waals surface area contributed by atoms with Crippen LogP contribution in [0, 0.1) is 5.41 Å². The van der Waals surface area contributed by atoms with E-state index in [0.717, 1.165) is 36.1 Å². The van der Waals surface area contributed by atoms with Crippen molar-refractivity contribution in [2.24, 2.45) is 5.41 Å². The molecule has 0 aliphatic carbocycles. The lowest BCUT2D eigenvalue weighted by atomic mass is 9.73. The van der Waals surface area contributed by atoms with Gasteiger partial charge in [0.1, 0.15) is 6.33 Å². The topological polar surface area (TPSA) is 75.2 Å². The Kier molecular flexibility index (Phi) is 6.39. The molecule has 3 rings (SSSR count). The molecule has 1 aliphatic heterocycles. The zero-order chi connectivity index (χ0) is 20.0. The molecule has 1 aliphatic rings. The van der Waals surface area contributed by atoms with E-state index in [9.17, 15) is 9.59 Å². The van der Waals surface area contributed by atoms with Crippen LogP contribution in [0.1, 0.15) is 38.7 Å². The van der Waals surface area contributed by atoms with E-state index in [1.807, 2.05) is 36.9 Å². The minimum atomic E-state index is -0.620. The van der Waals surface area contributed by atoms with Gasteiger partial charge in [-0.3, -0.25) is 9.59 Å². The van der Waals surface area contributed by atoms with E-state index < -0.39 is 5.41 Å². The number of aromatic nitrogens is 2. The summed E-state index contributed by atoms with van der Waals surface area (Å²) >= 11 is 0. The molecule has 0 spiro atoms. The van der Waals surface area contributed by atoms with Crippen LogP contribution in [0.5, 0.6) is 0 Å². The summed E-state index contributed by atoms with van der Waals surface area (Å²) in [6.45, 7) is 5.57. The van der Waals surface area contributed by atoms with E-state index in [4.69, 9.17) is 0 Å². The average molecular weight is 380 g/mol. The summed E-state index contributed by atoms with van der Waals surface area (Å²) in [5, 5.41) is 3.01. The second kappa shape index (κ2) is 8.95. The number of nitrogens with zero attached hydrogens (tertiary/aromatic N) is 3. The maximum Gasteiger partial charge on any atom is 0.228 e.